The number of carbonyl (C=O) groups is 2. The molecule has 1 aromatic heterocycles. The van der Waals surface area contributed by atoms with E-state index in [4.69, 9.17) is 13.9 Å². The molecule has 0 saturated carbocycles. The number of hydrogen-bond donors (Lipinski definition) is 2. The smallest absolute Gasteiger partial charge is 0.326 e. The molecule has 0 bridgehead atoms. The first kappa shape index (κ1) is 24.4. The third-order valence-electron chi connectivity index (χ3n) is 7.09. The Labute approximate surface area is 220 Å². The number of anilines is 1. The third kappa shape index (κ3) is 4.96. The van der Waals surface area contributed by atoms with Gasteiger partial charge in [-0.2, -0.15) is 0 Å². The topological polar surface area (TPSA) is 125 Å². The molecule has 4 aliphatic heterocycles. The van der Waals surface area contributed by atoms with Crippen LogP contribution in [-0.2, 0) is 11.3 Å². The highest BCUT2D eigenvalue weighted by Crippen LogP contribution is 2.30. The molecule has 2 fully saturated rings. The summed E-state index contributed by atoms with van der Waals surface area (Å²) in [5, 5.41) is 14.2. The fourth-order valence-electron chi connectivity index (χ4n) is 5.06. The lowest BCUT2D eigenvalue weighted by atomic mass is 10.1. The summed E-state index contributed by atoms with van der Waals surface area (Å²) in [5.74, 6) is -0.406. The van der Waals surface area contributed by atoms with Gasteiger partial charge in [0.25, 0.3) is 5.91 Å². The predicted molar refractivity (Wildman–Crippen MR) is 136 cm³/mol. The molecule has 0 aliphatic carbocycles. The molecule has 2 N–H and O–H groups in total. The SMILES string of the molecule is CN1C=C(NC(=O)c2nnc(N3Cc4ccc(OCC5CCCO5)cc4C3=O)o2)C(N2CCNCC2)=CC1. The van der Waals surface area contributed by atoms with Crippen LogP contribution in [0.25, 0.3) is 0 Å². The Morgan fingerprint density at radius 3 is 2.95 bits per heavy atom. The van der Waals surface area contributed by atoms with E-state index in [1.807, 2.05) is 30.3 Å². The second-order valence-electron chi connectivity index (χ2n) is 9.81. The molecule has 38 heavy (non-hydrogen) atoms. The van der Waals surface area contributed by atoms with Gasteiger partial charge in [-0.15, -0.1) is 5.10 Å². The highest BCUT2D eigenvalue weighted by molar-refractivity contribution is 6.09. The first-order valence-electron chi connectivity index (χ1n) is 13.0. The molecule has 12 heteroatoms. The summed E-state index contributed by atoms with van der Waals surface area (Å²) < 4.78 is 17.1. The Bertz CT molecular complexity index is 1280. The third-order valence-corrected chi connectivity index (χ3v) is 7.09. The number of fused-ring (bicyclic) bond motifs is 1. The Morgan fingerprint density at radius 1 is 1.26 bits per heavy atom. The number of ether oxygens (including phenoxy) is 2. The van der Waals surface area contributed by atoms with Gasteiger partial charge in [0, 0.05) is 58.1 Å². The molecule has 1 aromatic carbocycles. The van der Waals surface area contributed by atoms with E-state index in [1.54, 1.807) is 6.07 Å². The number of aromatic nitrogens is 2. The number of nitrogens with zero attached hydrogens (tertiary/aromatic N) is 5. The first-order valence-corrected chi connectivity index (χ1v) is 13.0. The number of hydrogen-bond acceptors (Lipinski definition) is 10. The Balaban J connectivity index is 1.12. The van der Waals surface area contributed by atoms with E-state index >= 15 is 0 Å². The summed E-state index contributed by atoms with van der Waals surface area (Å²) in [6, 6.07) is 5.41. The van der Waals surface area contributed by atoms with Crippen molar-refractivity contribution in [3.8, 4) is 5.75 Å². The quantitative estimate of drug-likeness (QED) is 0.547. The van der Waals surface area contributed by atoms with Crippen LogP contribution < -0.4 is 20.3 Å². The molecule has 4 aliphatic rings. The summed E-state index contributed by atoms with van der Waals surface area (Å²) in [7, 11) is 1.94. The van der Waals surface area contributed by atoms with Gasteiger partial charge in [-0.25, -0.2) is 0 Å². The van der Waals surface area contributed by atoms with Gasteiger partial charge in [0.2, 0.25) is 0 Å². The largest absolute Gasteiger partial charge is 0.491 e. The Hall–Kier alpha value is -3.90. The standard InChI is InChI=1S/C26H31N7O5/c1-31-9-6-22(32-10-7-27-8-11-32)21(15-31)28-23(34)24-29-30-26(38-24)33-14-17-4-5-18(13-20(17)25(33)35)37-16-19-3-2-12-36-19/h4-6,13,15,19,27H,2-3,7-12,14,16H2,1H3,(H,28,34). The first-order chi connectivity index (χ1) is 18.5. The maximum Gasteiger partial charge on any atom is 0.326 e. The molecule has 1 atom stereocenters. The zero-order valence-electron chi connectivity index (χ0n) is 21.3. The number of amides is 2. The highest BCUT2D eigenvalue weighted by atomic mass is 16.5. The van der Waals surface area contributed by atoms with Crippen LogP contribution in [0.15, 0.2) is 46.3 Å². The molecule has 5 heterocycles. The lowest BCUT2D eigenvalue weighted by Gasteiger charge is -2.35. The zero-order chi connectivity index (χ0) is 26.1. The zero-order valence-corrected chi connectivity index (χ0v) is 21.3. The maximum absolute atomic E-state index is 13.1. The van der Waals surface area contributed by atoms with E-state index in [1.165, 1.54) is 4.90 Å². The summed E-state index contributed by atoms with van der Waals surface area (Å²) in [6.07, 6.45) is 6.10. The second-order valence-corrected chi connectivity index (χ2v) is 9.81. The van der Waals surface area contributed by atoms with E-state index in [2.05, 4.69) is 31.8 Å². The van der Waals surface area contributed by atoms with Crippen molar-refractivity contribution in [3.63, 3.8) is 0 Å². The van der Waals surface area contributed by atoms with Crippen molar-refractivity contribution in [2.24, 2.45) is 0 Å². The van der Waals surface area contributed by atoms with Crippen LogP contribution in [0.1, 0.15) is 39.4 Å². The lowest BCUT2D eigenvalue weighted by Crippen LogP contribution is -2.45. The maximum atomic E-state index is 13.1. The van der Waals surface area contributed by atoms with Gasteiger partial charge in [-0.1, -0.05) is 11.2 Å². The predicted octanol–water partition coefficient (Wildman–Crippen LogP) is 1.09. The van der Waals surface area contributed by atoms with Crippen molar-refractivity contribution in [2.75, 3.05) is 57.9 Å². The van der Waals surface area contributed by atoms with Crippen LogP contribution in [0.5, 0.6) is 5.75 Å². The van der Waals surface area contributed by atoms with Gasteiger partial charge in [0.05, 0.1) is 24.0 Å². The lowest BCUT2D eigenvalue weighted by molar-refractivity contribution is 0.0679. The molecular formula is C26H31N7O5. The van der Waals surface area contributed by atoms with E-state index in [-0.39, 0.29) is 30.5 Å². The molecule has 1 unspecified atom stereocenters. The number of likely N-dealkylation sites (N-methyl/N-ethyl adjacent to an activating group) is 1. The molecule has 2 saturated heterocycles. The van der Waals surface area contributed by atoms with E-state index in [9.17, 15) is 9.59 Å². The molecule has 2 amide bonds. The van der Waals surface area contributed by atoms with Crippen LogP contribution in [0.4, 0.5) is 6.01 Å². The molecule has 6 rings (SSSR count). The minimum absolute atomic E-state index is 0.0224. The minimum Gasteiger partial charge on any atom is -0.491 e. The van der Waals surface area contributed by atoms with E-state index in [0.717, 1.165) is 63.4 Å². The summed E-state index contributed by atoms with van der Waals surface area (Å²) in [4.78, 5) is 31.8. The summed E-state index contributed by atoms with van der Waals surface area (Å²) in [6.45, 7) is 5.72. The second kappa shape index (κ2) is 10.5. The van der Waals surface area contributed by atoms with E-state index < -0.39 is 5.91 Å². The average molecular weight is 522 g/mol. The number of carbonyl (C=O) groups excluding carboxylic acids is 2. The van der Waals surface area contributed by atoms with Gasteiger partial charge in [0.1, 0.15) is 12.4 Å². The molecule has 200 valence electrons. The molecule has 2 aromatic rings. The number of piperazine rings is 1. The fraction of sp³-hybridized carbons (Fsp3) is 0.462. The normalized spacial score (nSPS) is 21.3. The van der Waals surface area contributed by atoms with Crippen LogP contribution >= 0.6 is 0 Å². The van der Waals surface area contributed by atoms with Gasteiger partial charge < -0.3 is 34.3 Å². The van der Waals surface area contributed by atoms with Crippen molar-refractivity contribution >= 4 is 17.8 Å². The monoisotopic (exact) mass is 521 g/mol. The van der Waals surface area contributed by atoms with Crippen molar-refractivity contribution in [1.29, 1.82) is 0 Å². The fourth-order valence-corrected chi connectivity index (χ4v) is 5.06. The molecular weight excluding hydrogens is 490 g/mol. The van der Waals surface area contributed by atoms with Crippen molar-refractivity contribution in [2.45, 2.75) is 25.5 Å². The average Bonchev–Trinajstić information content (AvgIpc) is 3.69. The van der Waals surface area contributed by atoms with Crippen LogP contribution in [0.2, 0.25) is 0 Å². The number of rotatable bonds is 7. The minimum atomic E-state index is -0.527. The number of benzene rings is 1. The Morgan fingerprint density at radius 2 is 2.13 bits per heavy atom. The molecule has 0 spiro atoms. The van der Waals surface area contributed by atoms with Crippen molar-refractivity contribution in [3.05, 3.63) is 58.9 Å². The van der Waals surface area contributed by atoms with Gasteiger partial charge in [-0.05, 0) is 36.6 Å². The van der Waals surface area contributed by atoms with Crippen molar-refractivity contribution < 1.29 is 23.5 Å². The van der Waals surface area contributed by atoms with Gasteiger partial charge in [-0.3, -0.25) is 14.5 Å². The highest BCUT2D eigenvalue weighted by Gasteiger charge is 2.33. The summed E-state index contributed by atoms with van der Waals surface area (Å²) >= 11 is 0. The van der Waals surface area contributed by atoms with Crippen LogP contribution in [0.3, 0.4) is 0 Å². The van der Waals surface area contributed by atoms with E-state index in [0.29, 0.717) is 23.6 Å². The van der Waals surface area contributed by atoms with Crippen molar-refractivity contribution in [1.82, 2.24) is 30.6 Å². The van der Waals surface area contributed by atoms with Crippen LogP contribution in [0, 0.1) is 0 Å². The molecule has 0 radical (unpaired) electrons. The summed E-state index contributed by atoms with van der Waals surface area (Å²) in [5.41, 5.74) is 2.98. The van der Waals surface area contributed by atoms with Gasteiger partial charge >= 0.3 is 17.8 Å². The Kier molecular flexibility index (Phi) is 6.73. The number of nitrogens with one attached hydrogen (secondary N) is 2. The molecule has 12 nitrogen and oxygen atoms in total. The van der Waals surface area contributed by atoms with Crippen LogP contribution in [-0.4, -0.2) is 90.9 Å². The van der Waals surface area contributed by atoms with Gasteiger partial charge in [0.15, 0.2) is 0 Å².